The van der Waals surface area contributed by atoms with Crippen LogP contribution in [-0.2, 0) is 4.84 Å². The van der Waals surface area contributed by atoms with Crippen molar-refractivity contribution in [3.8, 4) is 0 Å². The van der Waals surface area contributed by atoms with Crippen molar-refractivity contribution in [1.29, 1.82) is 0 Å². The number of rotatable bonds is 1. The second-order valence-electron chi connectivity index (χ2n) is 4.99. The first-order valence-corrected chi connectivity index (χ1v) is 5.96. The molecule has 2 heterocycles. The van der Waals surface area contributed by atoms with Gasteiger partial charge < -0.3 is 4.84 Å². The van der Waals surface area contributed by atoms with Gasteiger partial charge in [-0.3, -0.25) is 0 Å². The Labute approximate surface area is 101 Å². The van der Waals surface area contributed by atoms with E-state index in [9.17, 15) is 0 Å². The van der Waals surface area contributed by atoms with Crippen LogP contribution in [0, 0.1) is 0 Å². The van der Waals surface area contributed by atoms with E-state index in [4.69, 9.17) is 4.84 Å². The van der Waals surface area contributed by atoms with Gasteiger partial charge in [-0.15, -0.1) is 0 Å². The number of nitrogens with zero attached hydrogens (tertiary/aromatic N) is 3. The molecule has 2 aliphatic heterocycles. The Kier molecular flexibility index (Phi) is 2.16. The second kappa shape index (κ2) is 3.47. The van der Waals surface area contributed by atoms with Crippen molar-refractivity contribution in [1.82, 2.24) is 10.0 Å². The zero-order chi connectivity index (χ0) is 12.0. The van der Waals surface area contributed by atoms with E-state index in [0.29, 0.717) is 6.04 Å². The van der Waals surface area contributed by atoms with Gasteiger partial charge in [0.05, 0.1) is 0 Å². The largest absolute Gasteiger partial charge is 0.364 e. The number of hydrogen-bond donors (Lipinski definition) is 0. The monoisotopic (exact) mass is 231 g/mol. The first kappa shape index (κ1) is 10.6. The summed E-state index contributed by atoms with van der Waals surface area (Å²) < 4.78 is 0. The molecule has 3 rings (SSSR count). The third kappa shape index (κ3) is 1.44. The SMILES string of the molecule is C[C@H]1C[C@]2(C)ON=C(c3ccccc3)N2N1C. The molecule has 1 saturated heterocycles. The Hall–Kier alpha value is -1.55. The quantitative estimate of drug-likeness (QED) is 0.740. The molecule has 4 nitrogen and oxygen atoms in total. The molecule has 0 aliphatic carbocycles. The molecule has 0 spiro atoms. The molecular weight excluding hydrogens is 214 g/mol. The molecular formula is C13H17N3O. The molecule has 0 unspecified atom stereocenters. The minimum absolute atomic E-state index is 0.320. The van der Waals surface area contributed by atoms with Crippen LogP contribution in [0.25, 0.3) is 0 Å². The lowest BCUT2D eigenvalue weighted by molar-refractivity contribution is -0.107. The molecule has 0 radical (unpaired) electrons. The van der Waals surface area contributed by atoms with Crippen molar-refractivity contribution >= 4 is 5.84 Å². The van der Waals surface area contributed by atoms with Gasteiger partial charge in [0, 0.05) is 25.1 Å². The maximum Gasteiger partial charge on any atom is 0.223 e. The molecule has 0 bridgehead atoms. The second-order valence-corrected chi connectivity index (χ2v) is 4.99. The normalized spacial score (nSPS) is 32.3. The Bertz CT molecular complexity index is 459. The Morgan fingerprint density at radius 1 is 1.35 bits per heavy atom. The summed E-state index contributed by atoms with van der Waals surface area (Å²) in [5.41, 5.74) is 0.775. The summed E-state index contributed by atoms with van der Waals surface area (Å²) in [5.74, 6) is 0.903. The highest BCUT2D eigenvalue weighted by Gasteiger charge is 2.52. The minimum atomic E-state index is -0.320. The number of hydrazine groups is 1. The standard InChI is InChI=1S/C13H17N3O/c1-10-9-13(2)16(15(10)3)12(14-17-13)11-7-5-4-6-8-11/h4-8,10H,9H2,1-3H3/t10-,13-/m0/s1. The van der Waals surface area contributed by atoms with Crippen molar-refractivity contribution in [2.75, 3.05) is 7.05 Å². The van der Waals surface area contributed by atoms with Crippen LogP contribution >= 0.6 is 0 Å². The third-order valence-electron chi connectivity index (χ3n) is 3.64. The Morgan fingerprint density at radius 2 is 2.06 bits per heavy atom. The topological polar surface area (TPSA) is 28.1 Å². The van der Waals surface area contributed by atoms with E-state index in [1.807, 2.05) is 18.2 Å². The molecule has 1 aromatic rings. The Balaban J connectivity index is 1.99. The fourth-order valence-electron chi connectivity index (χ4n) is 2.69. The molecule has 17 heavy (non-hydrogen) atoms. The van der Waals surface area contributed by atoms with E-state index in [1.165, 1.54) is 0 Å². The lowest BCUT2D eigenvalue weighted by Gasteiger charge is -2.31. The number of oxime groups is 1. The van der Waals surface area contributed by atoms with Crippen molar-refractivity contribution in [3.63, 3.8) is 0 Å². The maximum atomic E-state index is 5.64. The molecule has 2 aliphatic rings. The summed E-state index contributed by atoms with van der Waals surface area (Å²) in [6.07, 6.45) is 0.962. The fraction of sp³-hybridized carbons (Fsp3) is 0.462. The van der Waals surface area contributed by atoms with Crippen LogP contribution in [0.15, 0.2) is 35.5 Å². The maximum absolute atomic E-state index is 5.64. The van der Waals surface area contributed by atoms with E-state index < -0.39 is 0 Å². The predicted octanol–water partition coefficient (Wildman–Crippen LogP) is 2.04. The molecule has 2 atom stereocenters. The van der Waals surface area contributed by atoms with Crippen LogP contribution in [0.5, 0.6) is 0 Å². The van der Waals surface area contributed by atoms with E-state index in [0.717, 1.165) is 17.8 Å². The number of hydrogen-bond acceptors (Lipinski definition) is 4. The zero-order valence-corrected chi connectivity index (χ0v) is 10.4. The molecule has 0 aromatic heterocycles. The van der Waals surface area contributed by atoms with Gasteiger partial charge in [0.2, 0.25) is 5.72 Å². The summed E-state index contributed by atoms with van der Waals surface area (Å²) in [5, 5.41) is 8.61. The van der Waals surface area contributed by atoms with E-state index in [2.05, 4.69) is 48.2 Å². The van der Waals surface area contributed by atoms with E-state index in [1.54, 1.807) is 0 Å². The van der Waals surface area contributed by atoms with Crippen LogP contribution in [-0.4, -0.2) is 34.7 Å². The molecule has 0 amide bonds. The third-order valence-corrected chi connectivity index (χ3v) is 3.64. The van der Waals surface area contributed by atoms with Crippen LogP contribution in [0.1, 0.15) is 25.8 Å². The molecule has 4 heteroatoms. The van der Waals surface area contributed by atoms with Gasteiger partial charge in [-0.25, -0.2) is 10.0 Å². The van der Waals surface area contributed by atoms with Crippen LogP contribution < -0.4 is 0 Å². The van der Waals surface area contributed by atoms with Gasteiger partial charge in [0.25, 0.3) is 0 Å². The first-order valence-electron chi connectivity index (χ1n) is 5.96. The van der Waals surface area contributed by atoms with Gasteiger partial charge in [-0.05, 0) is 13.8 Å². The van der Waals surface area contributed by atoms with Gasteiger partial charge in [-0.2, -0.15) is 0 Å². The Morgan fingerprint density at radius 3 is 2.76 bits per heavy atom. The summed E-state index contributed by atoms with van der Waals surface area (Å²) >= 11 is 0. The molecule has 1 fully saturated rings. The fourth-order valence-corrected chi connectivity index (χ4v) is 2.69. The zero-order valence-electron chi connectivity index (χ0n) is 10.4. The van der Waals surface area contributed by atoms with Crippen LogP contribution in [0.3, 0.4) is 0 Å². The van der Waals surface area contributed by atoms with Crippen molar-refractivity contribution in [3.05, 3.63) is 35.9 Å². The lowest BCUT2D eigenvalue weighted by atomic mass is 10.1. The minimum Gasteiger partial charge on any atom is -0.364 e. The van der Waals surface area contributed by atoms with Gasteiger partial charge in [0.1, 0.15) is 0 Å². The average Bonchev–Trinajstić information content (AvgIpc) is 2.76. The van der Waals surface area contributed by atoms with Crippen LogP contribution in [0.4, 0.5) is 0 Å². The number of amidine groups is 1. The molecule has 1 aromatic carbocycles. The van der Waals surface area contributed by atoms with Crippen molar-refractivity contribution in [2.45, 2.75) is 32.0 Å². The van der Waals surface area contributed by atoms with Crippen molar-refractivity contribution in [2.24, 2.45) is 5.16 Å². The predicted molar refractivity (Wildman–Crippen MR) is 66.2 cm³/mol. The highest BCUT2D eigenvalue weighted by atomic mass is 16.7. The lowest BCUT2D eigenvalue weighted by Crippen LogP contribution is -2.47. The number of fused-ring (bicyclic) bond motifs is 1. The van der Waals surface area contributed by atoms with E-state index >= 15 is 0 Å². The summed E-state index contributed by atoms with van der Waals surface area (Å²) in [6.45, 7) is 4.29. The first-order chi connectivity index (χ1) is 8.12. The summed E-state index contributed by atoms with van der Waals surface area (Å²) in [7, 11) is 2.09. The van der Waals surface area contributed by atoms with Gasteiger partial charge in [0.15, 0.2) is 5.84 Å². The number of benzene rings is 1. The summed E-state index contributed by atoms with van der Waals surface area (Å²) in [6, 6.07) is 10.6. The molecule has 90 valence electrons. The average molecular weight is 231 g/mol. The van der Waals surface area contributed by atoms with Gasteiger partial charge >= 0.3 is 0 Å². The smallest absolute Gasteiger partial charge is 0.223 e. The molecule has 0 N–H and O–H groups in total. The summed E-state index contributed by atoms with van der Waals surface area (Å²) in [4.78, 5) is 5.64. The van der Waals surface area contributed by atoms with Crippen LogP contribution in [0.2, 0.25) is 0 Å². The highest BCUT2D eigenvalue weighted by molar-refractivity contribution is 5.99. The molecule has 0 saturated carbocycles. The highest BCUT2D eigenvalue weighted by Crippen LogP contribution is 2.39. The van der Waals surface area contributed by atoms with E-state index in [-0.39, 0.29) is 5.72 Å². The van der Waals surface area contributed by atoms with Gasteiger partial charge in [-0.1, -0.05) is 35.5 Å². The van der Waals surface area contributed by atoms with Crippen molar-refractivity contribution < 1.29 is 4.84 Å².